The van der Waals surface area contributed by atoms with E-state index < -0.39 is 20.2 Å². The Kier molecular flexibility index (Phi) is 30.0. The van der Waals surface area contributed by atoms with Gasteiger partial charge in [-0.05, 0) is 167 Å². The second kappa shape index (κ2) is 43.2. The van der Waals surface area contributed by atoms with Crippen LogP contribution in [0.2, 0.25) is 0 Å². The topological polar surface area (TPSA) is 378 Å². The van der Waals surface area contributed by atoms with E-state index in [1.165, 1.54) is 51.9 Å². The summed E-state index contributed by atoms with van der Waals surface area (Å²) in [6, 6.07) is 51.7. The number of anilines is 8. The van der Waals surface area contributed by atoms with E-state index in [-0.39, 0.29) is 18.7 Å². The van der Waals surface area contributed by atoms with Crippen LogP contribution < -0.4 is 58.0 Å². The van der Waals surface area contributed by atoms with Crippen LogP contribution in [-0.4, -0.2) is 215 Å². The molecule has 8 aromatic heterocycles. The highest BCUT2D eigenvalue weighted by Gasteiger charge is 2.30. The summed E-state index contributed by atoms with van der Waals surface area (Å²) in [6.07, 6.45) is 32.4. The normalized spacial score (nSPS) is 13.7. The molecule has 37 heteroatoms. The molecule has 0 spiro atoms. The number of carbonyl (C=O) groups excluding carboxylic acids is 1. The molecule has 1 saturated heterocycles. The van der Waals surface area contributed by atoms with Gasteiger partial charge in [0.1, 0.15) is 35.0 Å². The van der Waals surface area contributed by atoms with Gasteiger partial charge in [-0.3, -0.25) is 39.2 Å². The highest BCUT2D eigenvalue weighted by Crippen LogP contribution is 2.42. The van der Waals surface area contributed by atoms with Gasteiger partial charge in [-0.1, -0.05) is 18.2 Å². The predicted molar refractivity (Wildman–Crippen MR) is 528 cm³/mol. The Labute approximate surface area is 789 Å². The predicted octanol–water partition coefficient (Wildman–Crippen LogP) is 15.8. The van der Waals surface area contributed by atoms with E-state index >= 15 is 0 Å². The van der Waals surface area contributed by atoms with Crippen molar-refractivity contribution in [2.75, 3.05) is 128 Å². The van der Waals surface area contributed by atoms with Crippen LogP contribution in [0.15, 0.2) is 232 Å². The van der Waals surface area contributed by atoms with Gasteiger partial charge in [0.2, 0.25) is 10.0 Å². The Bertz CT molecular complexity index is 7030. The number of carbonyl (C=O) groups is 1. The molecule has 3 aliphatic rings. The summed E-state index contributed by atoms with van der Waals surface area (Å²) in [4.78, 5) is 58.9. The molecule has 704 valence electrons. The molecule has 1 aliphatic heterocycles. The maximum atomic E-state index is 12.3. The van der Waals surface area contributed by atoms with E-state index in [0.717, 1.165) is 178 Å². The number of hydrogen-bond acceptors (Lipinski definition) is 27. The fourth-order valence-electron chi connectivity index (χ4n) is 15.6. The van der Waals surface area contributed by atoms with E-state index in [1.54, 1.807) is 114 Å². The summed E-state index contributed by atoms with van der Waals surface area (Å²) >= 11 is 0. The van der Waals surface area contributed by atoms with Gasteiger partial charge in [-0.2, -0.15) is 33.1 Å². The fourth-order valence-corrected chi connectivity index (χ4v) is 16.8. The number of hydrogen-bond donors (Lipinski definition) is 4. The number of aryl methyl sites for hydroxylation is 2. The Balaban J connectivity index is 0.000000132. The third-order valence-electron chi connectivity index (χ3n) is 23.3. The molecule has 9 heterocycles. The molecule has 16 aromatic rings. The maximum Gasteiger partial charge on any atom is 0.278 e. The van der Waals surface area contributed by atoms with Crippen molar-refractivity contribution in [3.8, 4) is 73.8 Å². The summed E-state index contributed by atoms with van der Waals surface area (Å²) in [5.41, 5.74) is 21.4. The lowest BCUT2D eigenvalue weighted by Gasteiger charge is -2.26. The number of methoxy groups -OCH3 is 5. The molecule has 1 unspecified atom stereocenters. The lowest BCUT2D eigenvalue weighted by atomic mass is 10.1. The second-order valence-corrected chi connectivity index (χ2v) is 37.3. The zero-order valence-electron chi connectivity index (χ0n) is 77.7. The molecule has 2 aliphatic carbocycles. The Morgan fingerprint density at radius 1 is 0.441 bits per heavy atom. The molecule has 1 atom stereocenters. The minimum atomic E-state index is -3.51. The van der Waals surface area contributed by atoms with E-state index in [0.29, 0.717) is 72.7 Å². The van der Waals surface area contributed by atoms with Crippen molar-refractivity contribution in [3.05, 3.63) is 238 Å². The van der Waals surface area contributed by atoms with Crippen molar-refractivity contribution in [1.29, 1.82) is 0 Å². The zero-order chi connectivity index (χ0) is 95.0. The summed E-state index contributed by atoms with van der Waals surface area (Å²) in [7, 11) is 9.58. The average Bonchev–Trinajstić information content (AvgIpc) is 1.43. The van der Waals surface area contributed by atoms with Crippen LogP contribution in [0, 0.1) is 11.8 Å². The standard InChI is InChI=1S/C26H27N5O.C25H31N7O4S.C24H28N6O4S.C24H24N6O2/c1-2-6-21(7-3-1)30(17-19-9-10-19)22-11-12-23-24(14-22)29-25(16-27-23)20-15-28-31(18-20)26-8-4-5-13-32-26;1-30(2)37(33,34)28-9-6-10-32(20-11-21(35-4)14-22(12-20)36-5)19-7-8-23-24(13-19)29-25(16-26-23)18-15-27-31(3)17-18;1-29-16-17(14-26-29)24-15-25-22-7-6-18(12-23(22)28-24)30(9-5-8-27-35(4,31)32)19-10-20(33-2)13-21(11-19)34-3;1-25-24(31)16-7-19(9-20(8-16)32-2)30(14-15-3-4-15)18-5-6-21-22(10-18)29-23(13-26-21)17-11-27-28-12-17/h1-3,6-7,11-12,14-16,18-19,26H,4-5,8-10,13,17H2;7-8,11-17,28H,6,9-10H2,1-5H3;6-7,10-16,27H,5,8-9H2,1-4H3;5-13,15H,3-4,14H2,1-2H3,(H,25,31)(H,27,28). The zero-order valence-corrected chi connectivity index (χ0v) is 79.4. The van der Waals surface area contributed by atoms with Gasteiger partial charge >= 0.3 is 0 Å². The summed E-state index contributed by atoms with van der Waals surface area (Å²) in [6.45, 7) is 4.36. The Morgan fingerprint density at radius 3 is 1.24 bits per heavy atom. The number of amides is 1. The summed E-state index contributed by atoms with van der Waals surface area (Å²) < 4.78 is 92.2. The molecule has 136 heavy (non-hydrogen) atoms. The van der Waals surface area contributed by atoms with E-state index in [4.69, 9.17) is 48.4 Å². The van der Waals surface area contributed by atoms with Gasteiger partial charge in [-0.25, -0.2) is 42.5 Å². The fraction of sp³-hybridized carbons (Fsp3) is 0.303. The molecule has 4 N–H and O–H groups in total. The minimum absolute atomic E-state index is 0.0272. The van der Waals surface area contributed by atoms with Crippen molar-refractivity contribution in [2.45, 2.75) is 64.0 Å². The number of fused-ring (bicyclic) bond motifs is 4. The number of nitrogens with zero attached hydrogens (tertiary/aromatic N) is 20. The molecule has 1 amide bonds. The van der Waals surface area contributed by atoms with Crippen molar-refractivity contribution >= 4 is 116 Å². The Morgan fingerprint density at radius 2 is 0.853 bits per heavy atom. The van der Waals surface area contributed by atoms with E-state index in [9.17, 15) is 21.6 Å². The first kappa shape index (κ1) is 94.6. The number of aromatic nitrogens is 16. The van der Waals surface area contributed by atoms with Gasteiger partial charge in [0.15, 0.2) is 0 Å². The van der Waals surface area contributed by atoms with Crippen LogP contribution in [0.1, 0.15) is 74.4 Å². The first-order chi connectivity index (χ1) is 65.9. The molecule has 8 aromatic carbocycles. The maximum absolute atomic E-state index is 12.3. The first-order valence-corrected chi connectivity index (χ1v) is 48.1. The number of sulfonamides is 1. The lowest BCUT2D eigenvalue weighted by molar-refractivity contribution is -0.0394. The monoisotopic (exact) mass is 1870 g/mol. The van der Waals surface area contributed by atoms with Crippen molar-refractivity contribution in [1.82, 2.24) is 98.5 Å². The first-order valence-electron chi connectivity index (χ1n) is 44.8. The van der Waals surface area contributed by atoms with Crippen LogP contribution in [0.5, 0.6) is 28.7 Å². The highest BCUT2D eigenvalue weighted by atomic mass is 32.2. The third-order valence-corrected chi connectivity index (χ3v) is 25.6. The average molecular weight is 1880 g/mol. The highest BCUT2D eigenvalue weighted by molar-refractivity contribution is 7.88. The molecule has 3 fully saturated rings. The molecule has 0 radical (unpaired) electrons. The molecule has 0 bridgehead atoms. The second-order valence-electron chi connectivity index (χ2n) is 33.5. The largest absolute Gasteiger partial charge is 0.497 e. The third kappa shape index (κ3) is 24.1. The minimum Gasteiger partial charge on any atom is -0.497 e. The number of ether oxygens (including phenoxy) is 6. The van der Waals surface area contributed by atoms with Gasteiger partial charge in [0.05, 0.1) is 158 Å². The molecular formula is C99H110N24O11S2. The summed E-state index contributed by atoms with van der Waals surface area (Å²) in [5.74, 6) is 4.49. The van der Waals surface area contributed by atoms with Crippen LogP contribution >= 0.6 is 0 Å². The molecular weight excluding hydrogens is 1770 g/mol. The number of H-pyrrole nitrogens is 1. The number of para-hydroxylation sites is 1. The smallest absolute Gasteiger partial charge is 0.278 e. The molecule has 19 rings (SSSR count). The molecule has 2 saturated carbocycles. The SMILES string of the molecule is CNC(=O)c1cc(OC)cc(N(CC2CC2)c2ccc3ncc(-c4cn[nH]c4)nc3c2)c1.COc1cc(OC)cc(N(CCCNS(=O)(=O)N(C)C)c2ccc3ncc(-c4cnn(C)c4)nc3c2)c1.COc1cc(OC)cc(N(CCCNS(C)(=O)=O)c2ccc3ncc(-c4cnn(C)c4)nc3c2)c1.c1ccc(N(CC2CC2)c2ccc3ncc(-c4cnn(C5CCCCO5)c4)nc3c2)cc1. The van der Waals surface area contributed by atoms with Gasteiger partial charge < -0.3 is 53.3 Å². The number of aromatic amines is 1. The van der Waals surface area contributed by atoms with Crippen LogP contribution in [0.3, 0.4) is 0 Å². The van der Waals surface area contributed by atoms with Crippen molar-refractivity contribution in [3.63, 3.8) is 0 Å². The van der Waals surface area contributed by atoms with E-state index in [2.05, 4.69) is 134 Å². The van der Waals surface area contributed by atoms with Crippen molar-refractivity contribution < 1.29 is 50.1 Å². The van der Waals surface area contributed by atoms with Crippen molar-refractivity contribution in [2.24, 2.45) is 25.9 Å². The number of rotatable bonds is 34. The van der Waals surface area contributed by atoms with E-state index in [1.807, 2.05) is 135 Å². The van der Waals surface area contributed by atoms with Crippen LogP contribution in [0.4, 0.5) is 45.5 Å². The number of nitrogens with one attached hydrogen (secondary N) is 4. The Hall–Kier alpha value is -14.6. The quantitative estimate of drug-likeness (QED) is 0.0272. The lowest BCUT2D eigenvalue weighted by Crippen LogP contribution is -2.37. The van der Waals surface area contributed by atoms with Gasteiger partial charge in [0, 0.05) is 222 Å². The number of benzene rings is 8. The van der Waals surface area contributed by atoms with Crippen LogP contribution in [-0.2, 0) is 39.1 Å². The van der Waals surface area contributed by atoms with Crippen LogP contribution in [0.25, 0.3) is 89.2 Å². The van der Waals surface area contributed by atoms with Gasteiger partial charge in [-0.15, -0.1) is 0 Å². The summed E-state index contributed by atoms with van der Waals surface area (Å²) in [5, 5.41) is 22.5. The van der Waals surface area contributed by atoms with Gasteiger partial charge in [0.25, 0.3) is 16.1 Å². The molecule has 35 nitrogen and oxygen atoms in total.